The van der Waals surface area contributed by atoms with E-state index < -0.39 is 6.17 Å². The van der Waals surface area contributed by atoms with Crippen LogP contribution in [0, 0.1) is 0 Å². The maximum absolute atomic E-state index is 12.3. The van der Waals surface area contributed by atoms with Crippen molar-refractivity contribution in [2.75, 3.05) is 5.32 Å². The molecule has 25 heavy (non-hydrogen) atoms. The Labute approximate surface area is 141 Å². The monoisotopic (exact) mass is 330 g/mol. The molecule has 1 atom stereocenters. The fourth-order valence-electron chi connectivity index (χ4n) is 3.38. The Hall–Kier alpha value is -3.61. The normalized spacial score (nSPS) is 16.5. The van der Waals surface area contributed by atoms with E-state index in [9.17, 15) is 4.79 Å². The number of guanidine groups is 1. The van der Waals surface area contributed by atoms with Gasteiger partial charge in [0.2, 0.25) is 5.95 Å². The van der Waals surface area contributed by atoms with E-state index >= 15 is 0 Å². The van der Waals surface area contributed by atoms with E-state index in [0.29, 0.717) is 11.3 Å². The topological polar surface area (TPSA) is 101 Å². The Balaban J connectivity index is 1.87. The summed E-state index contributed by atoms with van der Waals surface area (Å²) in [4.78, 5) is 24.3. The van der Waals surface area contributed by atoms with Gasteiger partial charge in [-0.2, -0.15) is 4.98 Å². The number of H-pyrrole nitrogens is 1. The van der Waals surface area contributed by atoms with Gasteiger partial charge in [-0.3, -0.25) is 14.7 Å². The highest BCUT2D eigenvalue weighted by atomic mass is 16.1. The number of nitrogens with zero attached hydrogens (tertiary/aromatic N) is 3. The van der Waals surface area contributed by atoms with Gasteiger partial charge in [0.05, 0.1) is 10.9 Å². The summed E-state index contributed by atoms with van der Waals surface area (Å²) in [7, 11) is 0. The van der Waals surface area contributed by atoms with Gasteiger partial charge in [-0.05, 0) is 18.2 Å². The number of aromatic amines is 1. The molecule has 0 saturated carbocycles. The van der Waals surface area contributed by atoms with Gasteiger partial charge in [-0.1, -0.05) is 30.3 Å². The Morgan fingerprint density at radius 2 is 1.80 bits per heavy atom. The van der Waals surface area contributed by atoms with E-state index in [-0.39, 0.29) is 11.5 Å². The minimum atomic E-state index is -0.412. The van der Waals surface area contributed by atoms with Gasteiger partial charge in [0.25, 0.3) is 5.56 Å². The minimum absolute atomic E-state index is 0.234. The Morgan fingerprint density at radius 1 is 1.04 bits per heavy atom. The molecule has 122 valence electrons. The van der Waals surface area contributed by atoms with Crippen LogP contribution in [0.2, 0.25) is 0 Å². The third-order valence-electron chi connectivity index (χ3n) is 4.47. The minimum Gasteiger partial charge on any atom is -0.370 e. The Morgan fingerprint density at radius 3 is 2.68 bits per heavy atom. The van der Waals surface area contributed by atoms with Gasteiger partial charge in [-0.25, -0.2) is 4.99 Å². The van der Waals surface area contributed by atoms with Crippen molar-refractivity contribution in [3.8, 4) is 0 Å². The summed E-state index contributed by atoms with van der Waals surface area (Å²) < 4.78 is 1.91. The van der Waals surface area contributed by atoms with Gasteiger partial charge in [0, 0.05) is 22.7 Å². The zero-order valence-corrected chi connectivity index (χ0v) is 13.1. The Kier molecular flexibility index (Phi) is 2.73. The molecule has 0 fully saturated rings. The highest BCUT2D eigenvalue weighted by Crippen LogP contribution is 2.33. The van der Waals surface area contributed by atoms with E-state index in [1.165, 1.54) is 0 Å². The number of para-hydroxylation sites is 2. The lowest BCUT2D eigenvalue weighted by molar-refractivity contribution is 0.620. The highest BCUT2D eigenvalue weighted by Gasteiger charge is 2.26. The standard InChI is InChI=1S/C18H14N6O/c19-17-21-15(12-9-20-13-7-3-1-5-10(12)13)24-14-8-4-2-6-11(14)16(25)22-18(24)23-17/h1-9,15,20H,(H3,19,21,22,23,25)/t15-/m0/s1. The van der Waals surface area contributed by atoms with E-state index in [4.69, 9.17) is 5.73 Å². The predicted molar refractivity (Wildman–Crippen MR) is 97.7 cm³/mol. The van der Waals surface area contributed by atoms with Crippen LogP contribution in [0.5, 0.6) is 0 Å². The molecule has 0 radical (unpaired) electrons. The summed E-state index contributed by atoms with van der Waals surface area (Å²) in [5.74, 6) is 0.629. The number of hydrogen-bond donors (Lipinski definition) is 3. The van der Waals surface area contributed by atoms with Crippen LogP contribution in [0.4, 0.5) is 5.95 Å². The van der Waals surface area contributed by atoms with Crippen LogP contribution in [-0.2, 0) is 0 Å². The van der Waals surface area contributed by atoms with Crippen molar-refractivity contribution in [2.24, 2.45) is 10.7 Å². The zero-order valence-electron chi connectivity index (χ0n) is 13.1. The number of aliphatic imine (C=N–C) groups is 1. The summed E-state index contributed by atoms with van der Waals surface area (Å²) in [5.41, 5.74) is 8.42. The summed E-state index contributed by atoms with van der Waals surface area (Å²) in [6.45, 7) is 0. The summed E-state index contributed by atoms with van der Waals surface area (Å²) >= 11 is 0. The molecule has 7 heteroatoms. The number of anilines is 1. The molecule has 0 spiro atoms. The van der Waals surface area contributed by atoms with Gasteiger partial charge in [0.15, 0.2) is 12.1 Å². The molecule has 7 nitrogen and oxygen atoms in total. The molecular weight excluding hydrogens is 316 g/mol. The average Bonchev–Trinajstić information content (AvgIpc) is 3.05. The van der Waals surface area contributed by atoms with Crippen molar-refractivity contribution in [1.29, 1.82) is 0 Å². The van der Waals surface area contributed by atoms with Crippen LogP contribution in [0.1, 0.15) is 11.7 Å². The van der Waals surface area contributed by atoms with Crippen LogP contribution in [-0.4, -0.2) is 20.5 Å². The number of nitrogens with one attached hydrogen (secondary N) is 2. The van der Waals surface area contributed by atoms with Crippen LogP contribution >= 0.6 is 0 Å². The first-order valence-corrected chi connectivity index (χ1v) is 7.90. The van der Waals surface area contributed by atoms with Crippen LogP contribution in [0.15, 0.2) is 64.5 Å². The van der Waals surface area contributed by atoms with E-state index in [2.05, 4.69) is 20.3 Å². The lowest BCUT2D eigenvalue weighted by Gasteiger charge is -2.26. The maximum Gasteiger partial charge on any atom is 0.282 e. The first-order chi connectivity index (χ1) is 12.2. The lowest BCUT2D eigenvalue weighted by Crippen LogP contribution is -2.34. The smallest absolute Gasteiger partial charge is 0.282 e. The zero-order chi connectivity index (χ0) is 17.0. The van der Waals surface area contributed by atoms with Crippen LogP contribution < -0.4 is 16.6 Å². The molecule has 0 amide bonds. The number of rotatable bonds is 1. The molecule has 4 aromatic rings. The molecule has 5 rings (SSSR count). The number of benzene rings is 2. The van der Waals surface area contributed by atoms with Crippen molar-refractivity contribution < 1.29 is 0 Å². The number of nitrogens with two attached hydrogens (primary N) is 1. The molecular formula is C18H14N6O. The summed E-state index contributed by atoms with van der Waals surface area (Å²) in [6.07, 6.45) is 1.51. The third kappa shape index (κ3) is 1.96. The molecule has 1 aliphatic heterocycles. The summed E-state index contributed by atoms with van der Waals surface area (Å²) in [5, 5.41) is 4.51. The molecule has 2 aromatic carbocycles. The van der Waals surface area contributed by atoms with Crippen molar-refractivity contribution >= 4 is 33.7 Å². The molecule has 0 aliphatic carbocycles. The Bertz CT molecular complexity index is 1220. The molecule has 4 N–H and O–H groups in total. The van der Waals surface area contributed by atoms with Crippen LogP contribution in [0.3, 0.4) is 0 Å². The molecule has 0 bridgehead atoms. The van der Waals surface area contributed by atoms with Gasteiger partial charge < -0.3 is 10.7 Å². The van der Waals surface area contributed by atoms with Crippen molar-refractivity contribution in [3.05, 3.63) is 70.6 Å². The highest BCUT2D eigenvalue weighted by molar-refractivity contribution is 5.94. The fourth-order valence-corrected chi connectivity index (χ4v) is 3.38. The van der Waals surface area contributed by atoms with Gasteiger partial charge in [-0.15, -0.1) is 0 Å². The SMILES string of the molecule is NC1=N[C@H](c2c[nH]c3ccccc23)n2c(nc(=O)c3ccccc32)N1. The lowest BCUT2D eigenvalue weighted by atomic mass is 10.1. The second-order valence-electron chi connectivity index (χ2n) is 5.93. The average molecular weight is 330 g/mol. The molecule has 1 aliphatic rings. The predicted octanol–water partition coefficient (Wildman–Crippen LogP) is 2.16. The first kappa shape index (κ1) is 13.8. The van der Waals surface area contributed by atoms with E-state index in [1.807, 2.05) is 53.2 Å². The first-order valence-electron chi connectivity index (χ1n) is 7.90. The number of aromatic nitrogens is 3. The largest absolute Gasteiger partial charge is 0.370 e. The van der Waals surface area contributed by atoms with Gasteiger partial charge in [0.1, 0.15) is 0 Å². The quantitative estimate of drug-likeness (QED) is 0.498. The van der Waals surface area contributed by atoms with Crippen molar-refractivity contribution in [2.45, 2.75) is 6.17 Å². The second-order valence-corrected chi connectivity index (χ2v) is 5.93. The molecule has 0 saturated heterocycles. The third-order valence-corrected chi connectivity index (χ3v) is 4.47. The van der Waals surface area contributed by atoms with Gasteiger partial charge >= 0.3 is 0 Å². The number of fused-ring (bicyclic) bond motifs is 4. The molecule has 3 heterocycles. The van der Waals surface area contributed by atoms with Crippen molar-refractivity contribution in [3.63, 3.8) is 0 Å². The molecule has 0 unspecified atom stereocenters. The van der Waals surface area contributed by atoms with E-state index in [1.54, 1.807) is 6.07 Å². The fraction of sp³-hybridized carbons (Fsp3) is 0.0556. The molecule has 2 aromatic heterocycles. The maximum atomic E-state index is 12.3. The summed E-state index contributed by atoms with van der Waals surface area (Å²) in [6, 6.07) is 15.4. The van der Waals surface area contributed by atoms with Crippen molar-refractivity contribution in [1.82, 2.24) is 14.5 Å². The second kappa shape index (κ2) is 4.94. The van der Waals surface area contributed by atoms with Crippen LogP contribution in [0.25, 0.3) is 21.8 Å². The number of hydrogen-bond acceptors (Lipinski definition) is 5. The van der Waals surface area contributed by atoms with E-state index in [0.717, 1.165) is 22.0 Å².